The molecule has 0 aliphatic heterocycles. The average molecular weight is 329 g/mol. The summed E-state index contributed by atoms with van der Waals surface area (Å²) in [5, 5.41) is 5.92. The Hall–Kier alpha value is -1.30. The van der Waals surface area contributed by atoms with Crippen molar-refractivity contribution in [1.82, 2.24) is 5.32 Å². The van der Waals surface area contributed by atoms with Crippen LogP contribution < -0.4 is 15.4 Å². The van der Waals surface area contributed by atoms with Crippen molar-refractivity contribution < 1.29 is 14.3 Å². The summed E-state index contributed by atoms with van der Waals surface area (Å²) in [4.78, 5) is 11.9. The third-order valence-electron chi connectivity index (χ3n) is 3.53. The molecule has 2 N–H and O–H groups in total. The fourth-order valence-electron chi connectivity index (χ4n) is 2.43. The van der Waals surface area contributed by atoms with Crippen molar-refractivity contribution in [3.63, 3.8) is 0 Å². The van der Waals surface area contributed by atoms with Crippen LogP contribution in [0.5, 0.6) is 5.75 Å². The first-order valence-electron chi connectivity index (χ1n) is 7.55. The molecule has 1 fully saturated rings. The zero-order valence-corrected chi connectivity index (χ0v) is 13.8. The summed E-state index contributed by atoms with van der Waals surface area (Å²) in [6.45, 7) is 1.51. The molecule has 1 aliphatic rings. The van der Waals surface area contributed by atoms with Crippen molar-refractivity contribution >= 4 is 24.0 Å². The van der Waals surface area contributed by atoms with E-state index in [2.05, 4.69) is 10.6 Å². The zero-order valence-electron chi connectivity index (χ0n) is 13.0. The molecule has 1 aromatic carbocycles. The third kappa shape index (κ3) is 6.22. The number of ether oxygens (including phenoxy) is 2. The second-order valence-electron chi connectivity index (χ2n) is 5.24. The lowest BCUT2D eigenvalue weighted by molar-refractivity contribution is -0.115. The highest BCUT2D eigenvalue weighted by Crippen LogP contribution is 2.29. The number of benzene rings is 1. The Morgan fingerprint density at radius 2 is 2.00 bits per heavy atom. The molecule has 1 aliphatic carbocycles. The van der Waals surface area contributed by atoms with Crippen LogP contribution in [0.3, 0.4) is 0 Å². The van der Waals surface area contributed by atoms with E-state index in [1.807, 2.05) is 24.3 Å². The van der Waals surface area contributed by atoms with Gasteiger partial charge in [0, 0.05) is 13.7 Å². The van der Waals surface area contributed by atoms with Crippen LogP contribution in [0.15, 0.2) is 24.3 Å². The minimum Gasteiger partial charge on any atom is -0.488 e. The van der Waals surface area contributed by atoms with Gasteiger partial charge >= 0.3 is 0 Å². The van der Waals surface area contributed by atoms with Gasteiger partial charge in [0.25, 0.3) is 0 Å². The highest BCUT2D eigenvalue weighted by atomic mass is 35.5. The van der Waals surface area contributed by atoms with Gasteiger partial charge in [-0.25, -0.2) is 0 Å². The summed E-state index contributed by atoms with van der Waals surface area (Å²) in [5.74, 6) is 0.684. The predicted octanol–water partition coefficient (Wildman–Crippen LogP) is 2.60. The highest BCUT2D eigenvalue weighted by molar-refractivity contribution is 5.93. The van der Waals surface area contributed by atoms with Crippen molar-refractivity contribution in [3.05, 3.63) is 24.3 Å². The van der Waals surface area contributed by atoms with Gasteiger partial charge in [0.05, 0.1) is 24.9 Å². The summed E-state index contributed by atoms with van der Waals surface area (Å²) in [7, 11) is 1.64. The summed E-state index contributed by atoms with van der Waals surface area (Å²) < 4.78 is 10.9. The Morgan fingerprint density at radius 3 is 2.73 bits per heavy atom. The average Bonchev–Trinajstić information content (AvgIpc) is 2.99. The van der Waals surface area contributed by atoms with E-state index in [4.69, 9.17) is 9.47 Å². The molecule has 2 rings (SSSR count). The molecule has 5 nitrogen and oxygen atoms in total. The van der Waals surface area contributed by atoms with Gasteiger partial charge in [-0.05, 0) is 37.8 Å². The Kier molecular flexibility index (Phi) is 8.89. The van der Waals surface area contributed by atoms with Gasteiger partial charge in [-0.1, -0.05) is 12.1 Å². The number of amides is 1. The number of hydrogen-bond acceptors (Lipinski definition) is 4. The monoisotopic (exact) mass is 328 g/mol. The summed E-state index contributed by atoms with van der Waals surface area (Å²) in [6, 6.07) is 7.61. The maximum atomic E-state index is 11.9. The maximum Gasteiger partial charge on any atom is 0.238 e. The number of rotatable bonds is 8. The molecule has 6 heteroatoms. The van der Waals surface area contributed by atoms with E-state index in [0.29, 0.717) is 13.2 Å². The fourth-order valence-corrected chi connectivity index (χ4v) is 2.43. The van der Waals surface area contributed by atoms with E-state index >= 15 is 0 Å². The molecule has 124 valence electrons. The van der Waals surface area contributed by atoms with Crippen molar-refractivity contribution in [2.45, 2.75) is 31.8 Å². The number of anilines is 1. The van der Waals surface area contributed by atoms with Crippen LogP contribution in [0.1, 0.15) is 25.7 Å². The maximum absolute atomic E-state index is 11.9. The number of nitrogens with one attached hydrogen (secondary N) is 2. The molecule has 0 unspecified atom stereocenters. The predicted molar refractivity (Wildman–Crippen MR) is 89.9 cm³/mol. The van der Waals surface area contributed by atoms with E-state index < -0.39 is 0 Å². The quantitative estimate of drug-likeness (QED) is 0.720. The van der Waals surface area contributed by atoms with E-state index in [9.17, 15) is 4.79 Å². The number of carbonyl (C=O) groups excluding carboxylic acids is 1. The number of halogens is 1. The molecule has 0 spiro atoms. The lowest BCUT2D eigenvalue weighted by Gasteiger charge is -2.17. The van der Waals surface area contributed by atoms with E-state index in [1.54, 1.807) is 7.11 Å². The minimum absolute atomic E-state index is 0. The van der Waals surface area contributed by atoms with Crippen LogP contribution in [0.2, 0.25) is 0 Å². The topological polar surface area (TPSA) is 59.6 Å². The van der Waals surface area contributed by atoms with E-state index in [1.165, 1.54) is 12.8 Å². The second-order valence-corrected chi connectivity index (χ2v) is 5.24. The summed E-state index contributed by atoms with van der Waals surface area (Å²) in [5.41, 5.74) is 0.739. The molecule has 0 atom stereocenters. The molecule has 1 aromatic rings. The molecular weight excluding hydrogens is 304 g/mol. The largest absolute Gasteiger partial charge is 0.488 e. The van der Waals surface area contributed by atoms with Crippen molar-refractivity contribution in [3.8, 4) is 5.75 Å². The van der Waals surface area contributed by atoms with Crippen molar-refractivity contribution in [2.75, 3.05) is 32.1 Å². The van der Waals surface area contributed by atoms with Gasteiger partial charge < -0.3 is 20.1 Å². The third-order valence-corrected chi connectivity index (χ3v) is 3.53. The Labute approximate surface area is 138 Å². The van der Waals surface area contributed by atoms with Crippen LogP contribution in [-0.4, -0.2) is 38.8 Å². The first kappa shape index (κ1) is 18.7. The minimum atomic E-state index is -0.0754. The Bertz CT molecular complexity index is 451. The van der Waals surface area contributed by atoms with E-state index in [-0.39, 0.29) is 31.0 Å². The SMILES string of the molecule is COCCNCC(=O)Nc1ccccc1OC1CCCC1.Cl. The highest BCUT2D eigenvalue weighted by Gasteiger charge is 2.18. The Morgan fingerprint density at radius 1 is 1.27 bits per heavy atom. The van der Waals surface area contributed by atoms with Crippen LogP contribution in [-0.2, 0) is 9.53 Å². The van der Waals surface area contributed by atoms with Crippen LogP contribution in [0.4, 0.5) is 5.69 Å². The standard InChI is InChI=1S/C16H24N2O3.ClH/c1-20-11-10-17-12-16(19)18-14-8-4-5-9-15(14)21-13-6-2-3-7-13;/h4-5,8-9,13,17H,2-3,6-7,10-12H2,1H3,(H,18,19);1H. The van der Waals surface area contributed by atoms with Crippen LogP contribution in [0, 0.1) is 0 Å². The first-order valence-corrected chi connectivity index (χ1v) is 7.55. The normalized spacial score (nSPS) is 14.4. The molecule has 1 amide bonds. The molecule has 22 heavy (non-hydrogen) atoms. The molecular formula is C16H25ClN2O3. The van der Waals surface area contributed by atoms with Crippen molar-refractivity contribution in [1.29, 1.82) is 0 Å². The zero-order chi connectivity index (χ0) is 14.9. The Balaban J connectivity index is 0.00000242. The molecule has 0 heterocycles. The van der Waals surface area contributed by atoms with Crippen LogP contribution in [0.25, 0.3) is 0 Å². The molecule has 0 saturated heterocycles. The number of methoxy groups -OCH3 is 1. The van der Waals surface area contributed by atoms with Gasteiger partial charge in [0.1, 0.15) is 5.75 Å². The summed E-state index contributed by atoms with van der Waals surface area (Å²) in [6.07, 6.45) is 4.93. The number of carbonyl (C=O) groups is 1. The molecule has 0 bridgehead atoms. The number of hydrogen-bond donors (Lipinski definition) is 2. The van der Waals surface area contributed by atoms with Gasteiger partial charge in [-0.3, -0.25) is 4.79 Å². The van der Waals surface area contributed by atoms with E-state index in [0.717, 1.165) is 24.3 Å². The van der Waals surface area contributed by atoms with Gasteiger partial charge in [-0.15, -0.1) is 12.4 Å². The second kappa shape index (κ2) is 10.4. The van der Waals surface area contributed by atoms with Crippen LogP contribution >= 0.6 is 12.4 Å². The van der Waals surface area contributed by atoms with Gasteiger partial charge in [-0.2, -0.15) is 0 Å². The molecule has 0 radical (unpaired) electrons. The first-order chi connectivity index (χ1) is 10.3. The molecule has 1 saturated carbocycles. The summed E-state index contributed by atoms with van der Waals surface area (Å²) >= 11 is 0. The lowest BCUT2D eigenvalue weighted by Crippen LogP contribution is -2.30. The number of para-hydroxylation sites is 2. The molecule has 0 aromatic heterocycles. The smallest absolute Gasteiger partial charge is 0.238 e. The fraction of sp³-hybridized carbons (Fsp3) is 0.562. The lowest BCUT2D eigenvalue weighted by atomic mass is 10.2. The van der Waals surface area contributed by atoms with Gasteiger partial charge in [0.2, 0.25) is 5.91 Å². The van der Waals surface area contributed by atoms with Gasteiger partial charge in [0.15, 0.2) is 0 Å². The van der Waals surface area contributed by atoms with Crippen molar-refractivity contribution in [2.24, 2.45) is 0 Å².